The van der Waals surface area contributed by atoms with Gasteiger partial charge >= 0.3 is 5.69 Å². The van der Waals surface area contributed by atoms with E-state index in [2.05, 4.69) is 9.72 Å². The molecule has 0 bridgehead atoms. The third kappa shape index (κ3) is 2.73. The van der Waals surface area contributed by atoms with Crippen LogP contribution in [0.5, 0.6) is 0 Å². The molecule has 0 aliphatic heterocycles. The summed E-state index contributed by atoms with van der Waals surface area (Å²) in [7, 11) is 0.958. The van der Waals surface area contributed by atoms with Crippen LogP contribution in [0, 0.1) is 0 Å². The van der Waals surface area contributed by atoms with E-state index in [4.69, 9.17) is 16.6 Å². The second-order valence-electron chi connectivity index (χ2n) is 4.28. The maximum Gasteiger partial charge on any atom is 0.351 e. The Balaban J connectivity index is 3.26. The van der Waals surface area contributed by atoms with E-state index in [9.17, 15) is 14.3 Å². The van der Waals surface area contributed by atoms with Crippen molar-refractivity contribution in [3.63, 3.8) is 0 Å². The molecule has 0 fully saturated rings. The Labute approximate surface area is 108 Å². The van der Waals surface area contributed by atoms with Crippen molar-refractivity contribution in [1.29, 1.82) is 0 Å². The molecule has 0 radical (unpaired) electrons. The number of aliphatic hydroxyl groups is 2. The molecule has 0 unspecified atom stereocenters. The molecule has 0 saturated heterocycles. The van der Waals surface area contributed by atoms with Crippen LogP contribution >= 0.6 is 0 Å². The highest BCUT2D eigenvalue weighted by Crippen LogP contribution is 2.26. The first-order chi connectivity index (χ1) is 8.69. The number of nitrogens with zero attached hydrogens (tertiary/aromatic N) is 2. The van der Waals surface area contributed by atoms with Gasteiger partial charge in [0.2, 0.25) is 0 Å². The topological polar surface area (TPSA) is 137 Å². The number of aromatic nitrogens is 2. The molecule has 0 aromatic carbocycles. The number of hydrogen-bond donors (Lipinski definition) is 4. The zero-order valence-corrected chi connectivity index (χ0v) is 10.6. The highest BCUT2D eigenvalue weighted by molar-refractivity contribution is 5.24. The van der Waals surface area contributed by atoms with Crippen LogP contribution in [0.2, 0.25) is 0 Å². The van der Waals surface area contributed by atoms with Gasteiger partial charge in [0.25, 0.3) is 5.85 Å². The van der Waals surface area contributed by atoms with Gasteiger partial charge in [-0.25, -0.2) is 9.18 Å². The van der Waals surface area contributed by atoms with Gasteiger partial charge in [-0.2, -0.15) is 4.98 Å². The van der Waals surface area contributed by atoms with E-state index >= 15 is 0 Å². The van der Waals surface area contributed by atoms with E-state index in [0.717, 1.165) is 11.7 Å². The number of halogens is 1. The molecule has 108 valence electrons. The first kappa shape index (κ1) is 15.5. The number of nitrogen functional groups attached to an aromatic ring is 1. The van der Waals surface area contributed by atoms with Gasteiger partial charge in [-0.05, 0) is 13.0 Å². The quantitative estimate of drug-likeness (QED) is 0.494. The molecule has 0 amide bonds. The summed E-state index contributed by atoms with van der Waals surface area (Å²) in [6.07, 6.45) is -0.848. The molecule has 1 aromatic heterocycles. The van der Waals surface area contributed by atoms with Crippen molar-refractivity contribution in [1.82, 2.24) is 9.55 Å². The maximum atomic E-state index is 14.1. The number of methoxy groups -OCH3 is 1. The normalized spacial score (nSPS) is 19.5. The Morgan fingerprint density at radius 2 is 2.26 bits per heavy atom. The summed E-state index contributed by atoms with van der Waals surface area (Å²) >= 11 is 0. The minimum atomic E-state index is -2.82. The average molecular weight is 276 g/mol. The van der Waals surface area contributed by atoms with E-state index < -0.39 is 29.9 Å². The summed E-state index contributed by atoms with van der Waals surface area (Å²) < 4.78 is 19.3. The Morgan fingerprint density at radius 1 is 1.68 bits per heavy atom. The van der Waals surface area contributed by atoms with Gasteiger partial charge in [0.1, 0.15) is 18.1 Å². The average Bonchev–Trinajstić information content (AvgIpc) is 2.36. The van der Waals surface area contributed by atoms with Crippen LogP contribution in [0.1, 0.15) is 6.92 Å². The standard InChI is InChI=1S/C10H17FN4O4/c1-9(13,7(17)10(11,5-16)19-2)15-4-3-6(12)14-8(15)18/h3-4,7,16-17H,5,13H2,1-2H3,(H2,12,14,18)/t7-,9-,10+/m0/s1. The summed E-state index contributed by atoms with van der Waals surface area (Å²) in [4.78, 5) is 15.1. The van der Waals surface area contributed by atoms with Crippen LogP contribution in [0.15, 0.2) is 17.1 Å². The van der Waals surface area contributed by atoms with Crippen LogP contribution in [0.25, 0.3) is 0 Å². The molecular formula is C10H17FN4O4. The molecule has 8 nitrogen and oxygen atoms in total. The number of hydrogen-bond acceptors (Lipinski definition) is 7. The molecule has 0 saturated carbocycles. The third-order valence-corrected chi connectivity index (χ3v) is 2.86. The van der Waals surface area contributed by atoms with Crippen molar-refractivity contribution in [2.45, 2.75) is 24.5 Å². The van der Waals surface area contributed by atoms with Crippen molar-refractivity contribution in [3.05, 3.63) is 22.7 Å². The van der Waals surface area contributed by atoms with Crippen LogP contribution in [-0.2, 0) is 10.4 Å². The van der Waals surface area contributed by atoms with E-state index in [1.165, 1.54) is 19.2 Å². The predicted octanol–water partition coefficient (Wildman–Crippen LogP) is -1.88. The number of aliphatic hydroxyl groups excluding tert-OH is 2. The zero-order chi connectivity index (χ0) is 14.8. The molecule has 1 aromatic rings. The van der Waals surface area contributed by atoms with Crippen molar-refractivity contribution in [2.24, 2.45) is 5.73 Å². The number of ether oxygens (including phenoxy) is 1. The van der Waals surface area contributed by atoms with Gasteiger partial charge in [0.05, 0.1) is 0 Å². The number of nitrogens with two attached hydrogens (primary N) is 2. The second kappa shape index (κ2) is 5.21. The van der Waals surface area contributed by atoms with Crippen molar-refractivity contribution in [3.8, 4) is 0 Å². The summed E-state index contributed by atoms with van der Waals surface area (Å²) in [6, 6.07) is 1.27. The molecule has 0 aliphatic carbocycles. The zero-order valence-electron chi connectivity index (χ0n) is 10.6. The smallest absolute Gasteiger partial charge is 0.351 e. The van der Waals surface area contributed by atoms with Crippen LogP contribution in [-0.4, -0.2) is 45.4 Å². The summed E-state index contributed by atoms with van der Waals surface area (Å²) in [5.74, 6) is -2.85. The maximum absolute atomic E-state index is 14.1. The molecule has 1 heterocycles. The van der Waals surface area contributed by atoms with Crippen LogP contribution < -0.4 is 17.2 Å². The fraction of sp³-hybridized carbons (Fsp3) is 0.600. The molecule has 1 rings (SSSR count). The third-order valence-electron chi connectivity index (χ3n) is 2.86. The van der Waals surface area contributed by atoms with Gasteiger partial charge in [0.15, 0.2) is 6.10 Å². The monoisotopic (exact) mass is 276 g/mol. The van der Waals surface area contributed by atoms with E-state index in [-0.39, 0.29) is 5.82 Å². The lowest BCUT2D eigenvalue weighted by Gasteiger charge is -2.38. The fourth-order valence-corrected chi connectivity index (χ4v) is 1.61. The number of alkyl halides is 1. The Hall–Kier alpha value is -1.55. The predicted molar refractivity (Wildman–Crippen MR) is 64.7 cm³/mol. The summed E-state index contributed by atoms with van der Waals surface area (Å²) in [5, 5.41) is 18.9. The van der Waals surface area contributed by atoms with Gasteiger partial charge in [-0.15, -0.1) is 0 Å². The first-order valence-electron chi connectivity index (χ1n) is 5.36. The Bertz CT molecular complexity index is 501. The van der Waals surface area contributed by atoms with Crippen LogP contribution in [0.4, 0.5) is 10.2 Å². The minimum absolute atomic E-state index is 0.0352. The number of rotatable bonds is 5. The molecule has 0 spiro atoms. The summed E-state index contributed by atoms with van der Waals surface area (Å²) in [5.41, 5.74) is 8.33. The van der Waals surface area contributed by atoms with Crippen molar-refractivity contribution < 1.29 is 19.3 Å². The molecule has 6 N–H and O–H groups in total. The Morgan fingerprint density at radius 3 is 2.68 bits per heavy atom. The highest BCUT2D eigenvalue weighted by Gasteiger charge is 2.49. The first-order valence-corrected chi connectivity index (χ1v) is 5.36. The van der Waals surface area contributed by atoms with Crippen molar-refractivity contribution >= 4 is 5.82 Å². The van der Waals surface area contributed by atoms with Crippen molar-refractivity contribution in [2.75, 3.05) is 19.5 Å². The highest BCUT2D eigenvalue weighted by atomic mass is 19.2. The largest absolute Gasteiger partial charge is 0.390 e. The van der Waals surface area contributed by atoms with E-state index in [1.807, 2.05) is 0 Å². The van der Waals surface area contributed by atoms with Gasteiger partial charge in [-0.3, -0.25) is 4.57 Å². The van der Waals surface area contributed by atoms with Gasteiger partial charge in [-0.1, -0.05) is 0 Å². The lowest BCUT2D eigenvalue weighted by atomic mass is 9.98. The molecule has 0 aliphatic rings. The van der Waals surface area contributed by atoms with E-state index in [1.54, 1.807) is 0 Å². The van der Waals surface area contributed by atoms with Crippen LogP contribution in [0.3, 0.4) is 0 Å². The van der Waals surface area contributed by atoms with E-state index in [0.29, 0.717) is 0 Å². The fourth-order valence-electron chi connectivity index (χ4n) is 1.61. The lowest BCUT2D eigenvalue weighted by molar-refractivity contribution is -0.236. The molecular weight excluding hydrogens is 259 g/mol. The second-order valence-corrected chi connectivity index (χ2v) is 4.28. The minimum Gasteiger partial charge on any atom is -0.390 e. The SMILES string of the molecule is CO[C@](F)(CO)[C@@H](O)[C@@](C)(N)n1ccc(N)nc1=O. The number of anilines is 1. The van der Waals surface area contributed by atoms with Gasteiger partial charge in [0, 0.05) is 13.3 Å². The molecule has 9 heteroatoms. The molecule has 19 heavy (non-hydrogen) atoms. The molecule has 3 atom stereocenters. The van der Waals surface area contributed by atoms with Gasteiger partial charge < -0.3 is 26.4 Å². The lowest BCUT2D eigenvalue weighted by Crippen LogP contribution is -2.63. The Kier molecular flexibility index (Phi) is 4.25. The summed E-state index contributed by atoms with van der Waals surface area (Å²) in [6.45, 7) is 0.0640.